The van der Waals surface area contributed by atoms with Gasteiger partial charge in [-0.05, 0) is 19.9 Å². The Labute approximate surface area is 119 Å². The van der Waals surface area contributed by atoms with Crippen molar-refractivity contribution < 1.29 is 22.9 Å². The third-order valence-corrected chi connectivity index (χ3v) is 3.40. The predicted molar refractivity (Wildman–Crippen MR) is 71.4 cm³/mol. The normalized spacial score (nSPS) is 11.2. The molecule has 0 aliphatic carbocycles. The van der Waals surface area contributed by atoms with Gasteiger partial charge in [-0.1, -0.05) is 0 Å². The molecule has 0 atom stereocenters. The number of hydrogen-bond donors (Lipinski definition) is 1. The zero-order chi connectivity index (χ0) is 15.5. The number of amides is 1. The summed E-state index contributed by atoms with van der Waals surface area (Å²) < 4.78 is 27.4. The average Bonchev–Trinajstić information content (AvgIpc) is 2.25. The zero-order valence-corrected chi connectivity index (χ0v) is 12.1. The number of nitro benzene ring substituents is 1. The van der Waals surface area contributed by atoms with E-state index in [1.807, 2.05) is 0 Å². The monoisotopic (exact) mass is 322 g/mol. The van der Waals surface area contributed by atoms with Crippen molar-refractivity contribution in [2.45, 2.75) is 24.8 Å². The van der Waals surface area contributed by atoms with Crippen molar-refractivity contribution in [1.82, 2.24) is 0 Å². The first kappa shape index (κ1) is 16.2. The highest BCUT2D eigenvalue weighted by Gasteiger charge is 2.21. The summed E-state index contributed by atoms with van der Waals surface area (Å²) in [6.45, 7) is 3.18. The molecule has 0 spiro atoms. The van der Waals surface area contributed by atoms with Gasteiger partial charge in [-0.3, -0.25) is 15.4 Å². The molecule has 1 aromatic rings. The first-order chi connectivity index (χ1) is 9.11. The van der Waals surface area contributed by atoms with Crippen molar-refractivity contribution in [2.75, 3.05) is 5.32 Å². The standard InChI is InChI=1S/C10H11ClN2O6S/c1-6(2)19-10(14)12-8-5-7(13(15)16)3-4-9(8)20(11,17)18/h3-6H,1-2H3,(H,12,14). The summed E-state index contributed by atoms with van der Waals surface area (Å²) in [5, 5.41) is 12.8. The van der Waals surface area contributed by atoms with E-state index < -0.39 is 36.8 Å². The summed E-state index contributed by atoms with van der Waals surface area (Å²) in [6.07, 6.45) is -1.38. The molecule has 0 heterocycles. The van der Waals surface area contributed by atoms with E-state index in [1.165, 1.54) is 0 Å². The van der Waals surface area contributed by atoms with Gasteiger partial charge in [0.1, 0.15) is 4.90 Å². The van der Waals surface area contributed by atoms with Crippen LogP contribution in [0.5, 0.6) is 0 Å². The van der Waals surface area contributed by atoms with Gasteiger partial charge < -0.3 is 4.74 Å². The number of carbonyl (C=O) groups excluding carboxylic acids is 1. The van der Waals surface area contributed by atoms with Gasteiger partial charge in [0, 0.05) is 22.8 Å². The lowest BCUT2D eigenvalue weighted by atomic mass is 10.3. The van der Waals surface area contributed by atoms with Crippen molar-refractivity contribution >= 4 is 37.2 Å². The van der Waals surface area contributed by atoms with Crippen LogP contribution in [-0.2, 0) is 13.8 Å². The molecule has 0 radical (unpaired) electrons. The number of nitrogens with zero attached hydrogens (tertiary/aromatic N) is 1. The molecule has 20 heavy (non-hydrogen) atoms. The molecule has 0 saturated heterocycles. The summed E-state index contributed by atoms with van der Waals surface area (Å²) in [6, 6.07) is 2.79. The van der Waals surface area contributed by atoms with Crippen LogP contribution in [0.15, 0.2) is 23.1 Å². The van der Waals surface area contributed by atoms with E-state index in [4.69, 9.17) is 15.4 Å². The number of rotatable bonds is 4. The first-order valence-electron chi connectivity index (χ1n) is 5.32. The fourth-order valence-electron chi connectivity index (χ4n) is 1.30. The number of nitro groups is 1. The molecule has 1 N–H and O–H groups in total. The second kappa shape index (κ2) is 6.06. The molecule has 0 aliphatic heterocycles. The molecule has 0 aliphatic rings. The number of ether oxygens (including phenoxy) is 1. The molecular weight excluding hydrogens is 312 g/mol. The number of non-ortho nitro benzene ring substituents is 1. The highest BCUT2D eigenvalue weighted by Crippen LogP contribution is 2.29. The molecule has 0 fully saturated rings. The lowest BCUT2D eigenvalue weighted by molar-refractivity contribution is -0.384. The maximum Gasteiger partial charge on any atom is 0.411 e. The van der Waals surface area contributed by atoms with Crippen LogP contribution in [0.3, 0.4) is 0 Å². The minimum Gasteiger partial charge on any atom is -0.447 e. The largest absolute Gasteiger partial charge is 0.447 e. The third kappa shape index (κ3) is 4.35. The number of nitrogens with one attached hydrogen (secondary N) is 1. The number of benzene rings is 1. The highest BCUT2D eigenvalue weighted by atomic mass is 35.7. The van der Waals surface area contributed by atoms with E-state index in [0.29, 0.717) is 0 Å². The molecule has 0 aromatic heterocycles. The topological polar surface area (TPSA) is 116 Å². The van der Waals surface area contributed by atoms with E-state index in [2.05, 4.69) is 5.32 Å². The molecule has 8 nitrogen and oxygen atoms in total. The van der Waals surface area contributed by atoms with Crippen molar-refractivity contribution in [1.29, 1.82) is 0 Å². The Morgan fingerprint density at radius 3 is 2.50 bits per heavy atom. The molecule has 0 saturated carbocycles. The molecule has 0 bridgehead atoms. The molecule has 1 rings (SSSR count). The Balaban J connectivity index is 3.22. The Kier molecular flexibility index (Phi) is 4.90. The maximum absolute atomic E-state index is 11.4. The second-order valence-electron chi connectivity index (χ2n) is 3.95. The van der Waals surface area contributed by atoms with Crippen LogP contribution in [0.4, 0.5) is 16.2 Å². The van der Waals surface area contributed by atoms with Gasteiger partial charge in [-0.25, -0.2) is 13.2 Å². The molecule has 0 unspecified atom stereocenters. The van der Waals surface area contributed by atoms with Crippen LogP contribution in [-0.4, -0.2) is 25.5 Å². The van der Waals surface area contributed by atoms with Gasteiger partial charge in [0.2, 0.25) is 0 Å². The van der Waals surface area contributed by atoms with Crippen molar-refractivity contribution in [3.05, 3.63) is 28.3 Å². The van der Waals surface area contributed by atoms with Gasteiger partial charge in [-0.2, -0.15) is 0 Å². The summed E-state index contributed by atoms with van der Waals surface area (Å²) in [5.41, 5.74) is -0.714. The molecular formula is C10H11ClN2O6S. The van der Waals surface area contributed by atoms with Crippen molar-refractivity contribution in [2.24, 2.45) is 0 Å². The summed E-state index contributed by atoms with van der Waals surface area (Å²) in [7, 11) is 1.02. The second-order valence-corrected chi connectivity index (χ2v) is 6.49. The van der Waals surface area contributed by atoms with Gasteiger partial charge in [-0.15, -0.1) is 0 Å². The van der Waals surface area contributed by atoms with E-state index >= 15 is 0 Å². The van der Waals surface area contributed by atoms with Crippen LogP contribution in [0.25, 0.3) is 0 Å². The van der Waals surface area contributed by atoms with Gasteiger partial charge in [0.15, 0.2) is 0 Å². The Morgan fingerprint density at radius 1 is 1.45 bits per heavy atom. The van der Waals surface area contributed by atoms with Crippen LogP contribution in [0, 0.1) is 10.1 Å². The fourth-order valence-corrected chi connectivity index (χ4v) is 2.30. The predicted octanol–water partition coefficient (Wildman–Crippen LogP) is 2.48. The first-order valence-corrected chi connectivity index (χ1v) is 7.63. The quantitative estimate of drug-likeness (QED) is 0.517. The van der Waals surface area contributed by atoms with E-state index in [-0.39, 0.29) is 5.69 Å². The SMILES string of the molecule is CC(C)OC(=O)Nc1cc([N+](=O)[O-])ccc1S(=O)(=O)Cl. The van der Waals surface area contributed by atoms with Crippen LogP contribution < -0.4 is 5.32 Å². The van der Waals surface area contributed by atoms with Gasteiger partial charge in [0.25, 0.3) is 14.7 Å². The molecule has 110 valence electrons. The van der Waals surface area contributed by atoms with Crippen LogP contribution in [0.1, 0.15) is 13.8 Å². The van der Waals surface area contributed by atoms with E-state index in [1.54, 1.807) is 13.8 Å². The number of anilines is 1. The average molecular weight is 323 g/mol. The fraction of sp³-hybridized carbons (Fsp3) is 0.300. The summed E-state index contributed by atoms with van der Waals surface area (Å²) >= 11 is 0. The van der Waals surface area contributed by atoms with Crippen molar-refractivity contribution in [3.63, 3.8) is 0 Å². The summed E-state index contributed by atoms with van der Waals surface area (Å²) in [5.74, 6) is 0. The maximum atomic E-state index is 11.4. The Morgan fingerprint density at radius 2 is 2.05 bits per heavy atom. The molecule has 10 heteroatoms. The number of hydrogen-bond acceptors (Lipinski definition) is 6. The molecule has 1 amide bonds. The summed E-state index contributed by atoms with van der Waals surface area (Å²) in [4.78, 5) is 20.9. The third-order valence-electron chi connectivity index (χ3n) is 2.02. The number of carbonyl (C=O) groups is 1. The minimum atomic E-state index is -4.17. The Bertz CT molecular complexity index is 643. The van der Waals surface area contributed by atoms with E-state index in [9.17, 15) is 23.3 Å². The minimum absolute atomic E-state index is 0.320. The highest BCUT2D eigenvalue weighted by molar-refractivity contribution is 8.13. The number of halogens is 1. The van der Waals surface area contributed by atoms with Crippen LogP contribution >= 0.6 is 10.7 Å². The lowest BCUT2D eigenvalue weighted by Crippen LogP contribution is -2.19. The Hall–Kier alpha value is -1.87. The van der Waals surface area contributed by atoms with E-state index in [0.717, 1.165) is 18.2 Å². The lowest BCUT2D eigenvalue weighted by Gasteiger charge is -2.11. The zero-order valence-electron chi connectivity index (χ0n) is 10.5. The van der Waals surface area contributed by atoms with Gasteiger partial charge in [0.05, 0.1) is 16.7 Å². The molecule has 1 aromatic carbocycles. The van der Waals surface area contributed by atoms with Crippen LogP contribution in [0.2, 0.25) is 0 Å². The smallest absolute Gasteiger partial charge is 0.411 e. The van der Waals surface area contributed by atoms with Gasteiger partial charge >= 0.3 is 6.09 Å². The van der Waals surface area contributed by atoms with Crippen molar-refractivity contribution in [3.8, 4) is 0 Å².